The predicted molar refractivity (Wildman–Crippen MR) is 98.5 cm³/mol. The molecule has 0 N–H and O–H groups in total. The Bertz CT molecular complexity index is 892. The number of hydrogen-bond donors (Lipinski definition) is 0. The van der Waals surface area contributed by atoms with Gasteiger partial charge in [-0.15, -0.1) is 0 Å². The zero-order chi connectivity index (χ0) is 20.1. The van der Waals surface area contributed by atoms with Crippen molar-refractivity contribution < 1.29 is 22.5 Å². The highest BCUT2D eigenvalue weighted by molar-refractivity contribution is 7.89. The molecule has 2 aromatic heterocycles. The quantitative estimate of drug-likeness (QED) is 0.640. The van der Waals surface area contributed by atoms with E-state index in [4.69, 9.17) is 9.26 Å². The summed E-state index contributed by atoms with van der Waals surface area (Å²) >= 11 is 0. The maximum atomic E-state index is 12.6. The van der Waals surface area contributed by atoms with Crippen LogP contribution in [0.3, 0.4) is 0 Å². The van der Waals surface area contributed by atoms with Crippen LogP contribution in [0.1, 0.15) is 50.9 Å². The molecule has 28 heavy (non-hydrogen) atoms. The maximum absolute atomic E-state index is 12.6. The van der Waals surface area contributed by atoms with Gasteiger partial charge < -0.3 is 9.26 Å². The van der Waals surface area contributed by atoms with Gasteiger partial charge in [-0.05, 0) is 38.3 Å². The Balaban J connectivity index is 1.55. The minimum Gasteiger partial charge on any atom is -0.452 e. The summed E-state index contributed by atoms with van der Waals surface area (Å²) in [4.78, 5) is 20.7. The van der Waals surface area contributed by atoms with Gasteiger partial charge in [0.1, 0.15) is 4.90 Å². The Kier molecular flexibility index (Phi) is 6.40. The monoisotopic (exact) mass is 408 g/mol. The molecule has 1 unspecified atom stereocenters. The van der Waals surface area contributed by atoms with Crippen molar-refractivity contribution in [2.24, 2.45) is 5.92 Å². The number of hydrogen-bond acceptors (Lipinski definition) is 8. The van der Waals surface area contributed by atoms with Crippen LogP contribution < -0.4 is 0 Å². The molecule has 0 bridgehead atoms. The highest BCUT2D eigenvalue weighted by Gasteiger charge is 2.34. The number of rotatable bonds is 7. The summed E-state index contributed by atoms with van der Waals surface area (Å²) in [6.45, 7) is 4.21. The van der Waals surface area contributed by atoms with Crippen molar-refractivity contribution in [2.75, 3.05) is 13.1 Å². The lowest BCUT2D eigenvalue weighted by atomic mass is 9.98. The van der Waals surface area contributed by atoms with E-state index >= 15 is 0 Å². The molecule has 2 aromatic rings. The molecule has 1 atom stereocenters. The number of pyridine rings is 1. The van der Waals surface area contributed by atoms with Crippen LogP contribution in [-0.4, -0.2) is 46.9 Å². The fourth-order valence-corrected chi connectivity index (χ4v) is 4.49. The highest BCUT2D eigenvalue weighted by atomic mass is 32.2. The van der Waals surface area contributed by atoms with Crippen molar-refractivity contribution in [3.63, 3.8) is 0 Å². The smallest absolute Gasteiger partial charge is 0.309 e. The molecular weight excluding hydrogens is 384 g/mol. The van der Waals surface area contributed by atoms with Gasteiger partial charge in [0.2, 0.25) is 10.0 Å². The van der Waals surface area contributed by atoms with Gasteiger partial charge in [0.15, 0.2) is 11.9 Å². The molecule has 1 saturated heterocycles. The van der Waals surface area contributed by atoms with Crippen molar-refractivity contribution >= 4 is 16.0 Å². The average Bonchev–Trinajstić information content (AvgIpc) is 3.18. The number of carbonyl (C=O) groups is 1. The van der Waals surface area contributed by atoms with Gasteiger partial charge in [-0.1, -0.05) is 12.1 Å². The largest absolute Gasteiger partial charge is 0.452 e. The zero-order valence-corrected chi connectivity index (χ0v) is 16.8. The summed E-state index contributed by atoms with van der Waals surface area (Å²) in [5, 5.41) is 3.86. The third-order valence-electron chi connectivity index (χ3n) is 4.66. The first-order valence-electron chi connectivity index (χ1n) is 9.35. The molecule has 1 aliphatic rings. The van der Waals surface area contributed by atoms with Crippen molar-refractivity contribution in [3.05, 3.63) is 36.2 Å². The Morgan fingerprint density at radius 3 is 2.79 bits per heavy atom. The summed E-state index contributed by atoms with van der Waals surface area (Å²) < 4.78 is 37.2. The fraction of sp³-hybridized carbons (Fsp3) is 0.556. The summed E-state index contributed by atoms with van der Waals surface area (Å²) in [6, 6.07) is 3.10. The normalized spacial score (nSPS) is 17.4. The number of carbonyl (C=O) groups excluding carboxylic acids is 1. The van der Waals surface area contributed by atoms with Crippen LogP contribution in [0.15, 0.2) is 33.9 Å². The number of aryl methyl sites for hydroxylation is 1. The van der Waals surface area contributed by atoms with E-state index in [9.17, 15) is 13.2 Å². The molecule has 0 radical (unpaired) electrons. The lowest BCUT2D eigenvalue weighted by Crippen LogP contribution is -2.40. The number of piperidine rings is 1. The molecule has 0 aromatic carbocycles. The standard InChI is InChI=1S/C18H24N4O5S/c1-3-5-16-20-17(27-21-16)13(2)26-18(23)14-7-10-22(11-8-14)28(24,25)15-6-4-9-19-12-15/h4,6,9,12-14H,3,5,7-8,10-11H2,1-2H3. The second-order valence-corrected chi connectivity index (χ2v) is 8.68. The molecular formula is C18H24N4O5S. The van der Waals surface area contributed by atoms with Crippen LogP contribution in [0.2, 0.25) is 0 Å². The SMILES string of the molecule is CCCc1noc(C(C)OC(=O)C2CCN(S(=O)(=O)c3cccnc3)CC2)n1. The summed E-state index contributed by atoms with van der Waals surface area (Å²) in [6.07, 6.45) is 4.61. The molecule has 3 rings (SSSR count). The maximum Gasteiger partial charge on any atom is 0.309 e. The predicted octanol–water partition coefficient (Wildman–Crippen LogP) is 2.12. The van der Waals surface area contributed by atoms with Crippen molar-refractivity contribution in [1.29, 1.82) is 0 Å². The number of sulfonamides is 1. The molecule has 0 saturated carbocycles. The number of ether oxygens (including phenoxy) is 1. The van der Waals surface area contributed by atoms with E-state index in [2.05, 4.69) is 15.1 Å². The van der Waals surface area contributed by atoms with E-state index in [0.29, 0.717) is 25.1 Å². The number of nitrogens with zero attached hydrogens (tertiary/aromatic N) is 4. The lowest BCUT2D eigenvalue weighted by molar-refractivity contribution is -0.156. The minimum absolute atomic E-state index is 0.156. The second-order valence-electron chi connectivity index (χ2n) is 6.75. The summed E-state index contributed by atoms with van der Waals surface area (Å²) in [5.74, 6) is 0.129. The van der Waals surface area contributed by atoms with Crippen LogP contribution in [0.4, 0.5) is 0 Å². The van der Waals surface area contributed by atoms with Crippen molar-refractivity contribution in [2.45, 2.75) is 50.5 Å². The van der Waals surface area contributed by atoms with Gasteiger partial charge >= 0.3 is 5.97 Å². The molecule has 1 aliphatic heterocycles. The number of aromatic nitrogens is 3. The van der Waals surface area contributed by atoms with E-state index in [1.54, 1.807) is 13.0 Å². The van der Waals surface area contributed by atoms with Gasteiger partial charge in [-0.2, -0.15) is 9.29 Å². The van der Waals surface area contributed by atoms with E-state index in [1.165, 1.54) is 22.8 Å². The van der Waals surface area contributed by atoms with Crippen LogP contribution in [0.5, 0.6) is 0 Å². The second kappa shape index (κ2) is 8.78. The highest BCUT2D eigenvalue weighted by Crippen LogP contribution is 2.26. The molecule has 10 heteroatoms. The van der Waals surface area contributed by atoms with Crippen LogP contribution in [0, 0.1) is 5.92 Å². The van der Waals surface area contributed by atoms with Crippen LogP contribution >= 0.6 is 0 Å². The topological polar surface area (TPSA) is 115 Å². The number of esters is 1. The van der Waals surface area contributed by atoms with Crippen molar-refractivity contribution in [3.8, 4) is 0 Å². The summed E-state index contributed by atoms with van der Waals surface area (Å²) in [7, 11) is -3.59. The Labute approximate surface area is 164 Å². The Hall–Kier alpha value is -2.33. The lowest BCUT2D eigenvalue weighted by Gasteiger charge is -2.30. The zero-order valence-electron chi connectivity index (χ0n) is 15.9. The van der Waals surface area contributed by atoms with Gasteiger partial charge in [0.05, 0.1) is 5.92 Å². The van der Waals surface area contributed by atoms with Crippen molar-refractivity contribution in [1.82, 2.24) is 19.4 Å². The molecule has 0 aliphatic carbocycles. The first-order valence-corrected chi connectivity index (χ1v) is 10.8. The van der Waals surface area contributed by atoms with E-state index in [-0.39, 0.29) is 35.8 Å². The summed E-state index contributed by atoms with van der Waals surface area (Å²) in [5.41, 5.74) is 0. The van der Waals surface area contributed by atoms with Crippen LogP contribution in [-0.2, 0) is 26.0 Å². The Morgan fingerprint density at radius 1 is 1.39 bits per heavy atom. The Morgan fingerprint density at radius 2 is 2.14 bits per heavy atom. The molecule has 152 valence electrons. The van der Waals surface area contributed by atoms with Gasteiger partial charge in [0, 0.05) is 31.9 Å². The third-order valence-corrected chi connectivity index (χ3v) is 6.54. The third kappa shape index (κ3) is 4.56. The first-order chi connectivity index (χ1) is 13.4. The minimum atomic E-state index is -3.59. The van der Waals surface area contributed by atoms with Gasteiger partial charge in [-0.25, -0.2) is 8.42 Å². The molecule has 9 nitrogen and oxygen atoms in total. The van der Waals surface area contributed by atoms with Gasteiger partial charge in [0.25, 0.3) is 5.89 Å². The van der Waals surface area contributed by atoms with E-state index < -0.39 is 16.1 Å². The van der Waals surface area contributed by atoms with Crippen LogP contribution in [0.25, 0.3) is 0 Å². The molecule has 1 fully saturated rings. The van der Waals surface area contributed by atoms with E-state index in [0.717, 1.165) is 6.42 Å². The average molecular weight is 408 g/mol. The van der Waals surface area contributed by atoms with Gasteiger partial charge in [-0.3, -0.25) is 9.78 Å². The first kappa shape index (κ1) is 20.4. The van der Waals surface area contributed by atoms with E-state index in [1.807, 2.05) is 6.92 Å². The molecule has 3 heterocycles. The fourth-order valence-electron chi connectivity index (χ4n) is 3.06. The molecule has 0 spiro atoms. The molecule has 0 amide bonds.